The number of methoxy groups -OCH3 is 2. The highest BCUT2D eigenvalue weighted by molar-refractivity contribution is 5.68. The van der Waals surface area contributed by atoms with E-state index in [1.165, 1.54) is 7.11 Å². The fourth-order valence-corrected chi connectivity index (χ4v) is 1.53. The molecule has 4 nitrogen and oxygen atoms in total. The van der Waals surface area contributed by atoms with Gasteiger partial charge < -0.3 is 14.6 Å². The van der Waals surface area contributed by atoms with Crippen molar-refractivity contribution in [2.24, 2.45) is 0 Å². The Morgan fingerprint density at radius 2 is 1.94 bits per heavy atom. The Hall–Kier alpha value is -1.55. The van der Waals surface area contributed by atoms with Crippen molar-refractivity contribution in [2.75, 3.05) is 14.2 Å². The lowest BCUT2D eigenvalue weighted by molar-refractivity contribution is -0.140. The summed E-state index contributed by atoms with van der Waals surface area (Å²) in [6.45, 7) is 0. The number of ether oxygens (including phenoxy) is 2. The predicted octanol–water partition coefficient (Wildman–Crippen LogP) is 2.07. The third kappa shape index (κ3) is 4.44. The minimum atomic E-state index is -0.550. The highest BCUT2D eigenvalue weighted by Crippen LogP contribution is 2.21. The maximum atomic E-state index is 10.9. The molecule has 0 radical (unpaired) electrons. The lowest BCUT2D eigenvalue weighted by Crippen LogP contribution is -2.02. The lowest BCUT2D eigenvalue weighted by atomic mass is 10.0. The van der Waals surface area contributed by atoms with Crippen molar-refractivity contribution in [2.45, 2.75) is 25.4 Å². The van der Waals surface area contributed by atoms with E-state index < -0.39 is 6.10 Å². The molecule has 1 N–H and O–H groups in total. The molecule has 0 amide bonds. The van der Waals surface area contributed by atoms with Gasteiger partial charge in [-0.3, -0.25) is 4.79 Å². The van der Waals surface area contributed by atoms with Crippen LogP contribution >= 0.6 is 0 Å². The second kappa shape index (κ2) is 6.91. The van der Waals surface area contributed by atoms with Crippen LogP contribution in [0.5, 0.6) is 5.75 Å². The van der Waals surface area contributed by atoms with Crippen molar-refractivity contribution in [1.29, 1.82) is 0 Å². The first-order valence-electron chi connectivity index (χ1n) is 5.56. The summed E-state index contributed by atoms with van der Waals surface area (Å²) < 4.78 is 9.56. The van der Waals surface area contributed by atoms with Gasteiger partial charge >= 0.3 is 5.97 Å². The van der Waals surface area contributed by atoms with Crippen LogP contribution in [0.15, 0.2) is 24.3 Å². The summed E-state index contributed by atoms with van der Waals surface area (Å²) in [5.41, 5.74) is 0.829. The van der Waals surface area contributed by atoms with E-state index in [1.54, 1.807) is 19.2 Å². The Bertz CT molecular complexity index is 345. The van der Waals surface area contributed by atoms with Crippen molar-refractivity contribution >= 4 is 5.97 Å². The second-order valence-electron chi connectivity index (χ2n) is 3.76. The van der Waals surface area contributed by atoms with Crippen molar-refractivity contribution < 1.29 is 19.4 Å². The van der Waals surface area contributed by atoms with Crippen LogP contribution in [-0.4, -0.2) is 25.3 Å². The number of hydrogen-bond acceptors (Lipinski definition) is 4. The zero-order valence-electron chi connectivity index (χ0n) is 10.2. The normalized spacial score (nSPS) is 11.9. The first-order chi connectivity index (χ1) is 8.17. The molecule has 0 aliphatic heterocycles. The minimum Gasteiger partial charge on any atom is -0.497 e. The summed E-state index contributed by atoms with van der Waals surface area (Å²) in [6.07, 6.45) is 0.941. The molecule has 4 heteroatoms. The number of carbonyl (C=O) groups is 1. The molecule has 0 bridgehead atoms. The molecule has 1 atom stereocenters. The van der Waals surface area contributed by atoms with E-state index >= 15 is 0 Å². The van der Waals surface area contributed by atoms with Crippen LogP contribution in [0.25, 0.3) is 0 Å². The van der Waals surface area contributed by atoms with Crippen LogP contribution in [-0.2, 0) is 9.53 Å². The van der Waals surface area contributed by atoms with Gasteiger partial charge in [-0.2, -0.15) is 0 Å². The summed E-state index contributed by atoms with van der Waals surface area (Å²) in [7, 11) is 2.96. The topological polar surface area (TPSA) is 55.8 Å². The summed E-state index contributed by atoms with van der Waals surface area (Å²) in [5, 5.41) is 9.88. The molecule has 0 aliphatic rings. The summed E-state index contributed by atoms with van der Waals surface area (Å²) >= 11 is 0. The van der Waals surface area contributed by atoms with Crippen molar-refractivity contribution in [1.82, 2.24) is 0 Å². The predicted molar refractivity (Wildman–Crippen MR) is 63.8 cm³/mol. The molecule has 1 rings (SSSR count). The average molecular weight is 238 g/mol. The molecule has 1 unspecified atom stereocenters. The molecule has 0 saturated carbocycles. The van der Waals surface area contributed by atoms with Gasteiger partial charge in [-0.1, -0.05) is 12.1 Å². The van der Waals surface area contributed by atoms with E-state index in [0.29, 0.717) is 19.3 Å². The fraction of sp³-hybridized carbons (Fsp3) is 0.462. The minimum absolute atomic E-state index is 0.244. The Morgan fingerprint density at radius 3 is 2.47 bits per heavy atom. The second-order valence-corrected chi connectivity index (χ2v) is 3.76. The van der Waals surface area contributed by atoms with Gasteiger partial charge in [0.2, 0.25) is 0 Å². The zero-order chi connectivity index (χ0) is 12.7. The Kier molecular flexibility index (Phi) is 5.49. The number of carbonyl (C=O) groups excluding carboxylic acids is 1. The maximum absolute atomic E-state index is 10.9. The zero-order valence-corrected chi connectivity index (χ0v) is 10.2. The average Bonchev–Trinajstić information content (AvgIpc) is 2.38. The van der Waals surface area contributed by atoms with Gasteiger partial charge in [0.25, 0.3) is 0 Å². The molecule has 0 aromatic heterocycles. The fourth-order valence-electron chi connectivity index (χ4n) is 1.53. The van der Waals surface area contributed by atoms with Crippen LogP contribution in [0.4, 0.5) is 0 Å². The van der Waals surface area contributed by atoms with E-state index in [2.05, 4.69) is 4.74 Å². The molecule has 0 aliphatic carbocycles. The lowest BCUT2D eigenvalue weighted by Gasteiger charge is -2.11. The van der Waals surface area contributed by atoms with E-state index in [0.717, 1.165) is 11.3 Å². The Balaban J connectivity index is 2.40. The van der Waals surface area contributed by atoms with Crippen LogP contribution in [0.2, 0.25) is 0 Å². The van der Waals surface area contributed by atoms with Crippen LogP contribution in [0, 0.1) is 0 Å². The van der Waals surface area contributed by atoms with Crippen LogP contribution in [0.3, 0.4) is 0 Å². The van der Waals surface area contributed by atoms with E-state index in [4.69, 9.17) is 4.74 Å². The van der Waals surface area contributed by atoms with Crippen LogP contribution in [0.1, 0.15) is 30.9 Å². The number of rotatable bonds is 6. The molecule has 1 aromatic carbocycles. The molecule has 94 valence electrons. The highest BCUT2D eigenvalue weighted by Gasteiger charge is 2.09. The molecular weight excluding hydrogens is 220 g/mol. The van der Waals surface area contributed by atoms with Gasteiger partial charge in [0, 0.05) is 6.42 Å². The molecule has 0 fully saturated rings. The SMILES string of the molecule is COC(=O)CCCC(O)c1ccc(OC)cc1. The van der Waals surface area contributed by atoms with Crippen molar-refractivity contribution in [3.8, 4) is 5.75 Å². The molecule has 0 saturated heterocycles. The summed E-state index contributed by atoms with van der Waals surface area (Å²) in [6, 6.07) is 7.25. The standard InChI is InChI=1S/C13H18O4/c1-16-11-8-6-10(7-9-11)12(14)4-3-5-13(15)17-2/h6-9,12,14H,3-5H2,1-2H3. The molecule has 17 heavy (non-hydrogen) atoms. The summed E-state index contributed by atoms with van der Waals surface area (Å²) in [5.74, 6) is 0.516. The Morgan fingerprint density at radius 1 is 1.29 bits per heavy atom. The van der Waals surface area contributed by atoms with Gasteiger partial charge in [0.1, 0.15) is 5.75 Å². The molecule has 1 aromatic rings. The van der Waals surface area contributed by atoms with Gasteiger partial charge in [0.05, 0.1) is 20.3 Å². The molecular formula is C13H18O4. The largest absolute Gasteiger partial charge is 0.497 e. The van der Waals surface area contributed by atoms with Crippen LogP contribution < -0.4 is 4.74 Å². The van der Waals surface area contributed by atoms with Crippen molar-refractivity contribution in [3.05, 3.63) is 29.8 Å². The van der Waals surface area contributed by atoms with E-state index in [-0.39, 0.29) is 5.97 Å². The number of esters is 1. The third-order valence-corrected chi connectivity index (χ3v) is 2.59. The first kappa shape index (κ1) is 13.5. The molecule has 0 heterocycles. The summed E-state index contributed by atoms with van der Waals surface area (Å²) in [4.78, 5) is 10.9. The van der Waals surface area contributed by atoms with Gasteiger partial charge in [-0.15, -0.1) is 0 Å². The van der Waals surface area contributed by atoms with E-state index in [9.17, 15) is 9.90 Å². The van der Waals surface area contributed by atoms with Gasteiger partial charge in [-0.05, 0) is 30.5 Å². The number of hydrogen-bond donors (Lipinski definition) is 1. The highest BCUT2D eigenvalue weighted by atomic mass is 16.5. The number of benzene rings is 1. The first-order valence-corrected chi connectivity index (χ1v) is 5.56. The number of aliphatic hydroxyl groups is 1. The van der Waals surface area contributed by atoms with E-state index in [1.807, 2.05) is 12.1 Å². The number of aliphatic hydroxyl groups excluding tert-OH is 1. The van der Waals surface area contributed by atoms with Crippen molar-refractivity contribution in [3.63, 3.8) is 0 Å². The third-order valence-electron chi connectivity index (χ3n) is 2.59. The Labute approximate surface area is 101 Å². The monoisotopic (exact) mass is 238 g/mol. The van der Waals surface area contributed by atoms with Gasteiger partial charge in [-0.25, -0.2) is 0 Å². The smallest absolute Gasteiger partial charge is 0.305 e. The molecule has 0 spiro atoms. The quantitative estimate of drug-likeness (QED) is 0.771. The maximum Gasteiger partial charge on any atom is 0.305 e. The van der Waals surface area contributed by atoms with Gasteiger partial charge in [0.15, 0.2) is 0 Å².